The largest absolute Gasteiger partial charge is 0.497 e. The van der Waals surface area contributed by atoms with Crippen molar-refractivity contribution in [3.63, 3.8) is 0 Å². The van der Waals surface area contributed by atoms with Crippen LogP contribution in [0.4, 0.5) is 0 Å². The fourth-order valence-electron chi connectivity index (χ4n) is 2.12. The highest BCUT2D eigenvalue weighted by atomic mass is 32.1. The molecule has 5 heteroatoms. The molecule has 0 radical (unpaired) electrons. The lowest BCUT2D eigenvalue weighted by Crippen LogP contribution is -2.23. The molecule has 4 nitrogen and oxygen atoms in total. The number of rotatable bonds is 6. The Morgan fingerprint density at radius 3 is 3.00 bits per heavy atom. The van der Waals surface area contributed by atoms with Crippen molar-refractivity contribution in [3.8, 4) is 22.4 Å². The van der Waals surface area contributed by atoms with Crippen LogP contribution in [0.1, 0.15) is 12.6 Å². The number of ether oxygens (including phenoxy) is 1. The SMILES string of the molecule is COc1cccc(-c2nc(CN(C)C[C@@H](C)C#N)cs2)c1. The minimum Gasteiger partial charge on any atom is -0.497 e. The van der Waals surface area contributed by atoms with Gasteiger partial charge in [0.1, 0.15) is 10.8 Å². The average Bonchev–Trinajstić information content (AvgIpc) is 2.95. The summed E-state index contributed by atoms with van der Waals surface area (Å²) in [5.41, 5.74) is 2.10. The first-order chi connectivity index (χ1) is 10.1. The van der Waals surface area contributed by atoms with Gasteiger partial charge in [-0.1, -0.05) is 12.1 Å². The molecule has 1 aromatic carbocycles. The zero-order valence-corrected chi connectivity index (χ0v) is 13.4. The van der Waals surface area contributed by atoms with E-state index < -0.39 is 0 Å². The predicted molar refractivity (Wildman–Crippen MR) is 85.2 cm³/mol. The predicted octanol–water partition coefficient (Wildman–Crippen LogP) is 3.41. The Labute approximate surface area is 129 Å². The summed E-state index contributed by atoms with van der Waals surface area (Å²) >= 11 is 1.63. The van der Waals surface area contributed by atoms with E-state index >= 15 is 0 Å². The highest BCUT2D eigenvalue weighted by molar-refractivity contribution is 7.13. The van der Waals surface area contributed by atoms with Crippen molar-refractivity contribution >= 4 is 11.3 Å². The number of hydrogen-bond acceptors (Lipinski definition) is 5. The number of nitrogens with zero attached hydrogens (tertiary/aromatic N) is 3. The zero-order chi connectivity index (χ0) is 15.2. The topological polar surface area (TPSA) is 49.1 Å². The van der Waals surface area contributed by atoms with Crippen molar-refractivity contribution in [3.05, 3.63) is 35.3 Å². The van der Waals surface area contributed by atoms with E-state index in [1.54, 1.807) is 18.4 Å². The van der Waals surface area contributed by atoms with Crippen LogP contribution in [-0.4, -0.2) is 30.6 Å². The Kier molecular flexibility index (Phi) is 5.32. The summed E-state index contributed by atoms with van der Waals surface area (Å²) in [7, 11) is 3.68. The summed E-state index contributed by atoms with van der Waals surface area (Å²) in [6.07, 6.45) is 0. The van der Waals surface area contributed by atoms with Crippen LogP contribution in [0.3, 0.4) is 0 Å². The molecule has 21 heavy (non-hydrogen) atoms. The van der Waals surface area contributed by atoms with Gasteiger partial charge in [-0.15, -0.1) is 11.3 Å². The van der Waals surface area contributed by atoms with Gasteiger partial charge in [-0.2, -0.15) is 5.26 Å². The van der Waals surface area contributed by atoms with Gasteiger partial charge in [-0.25, -0.2) is 4.98 Å². The van der Waals surface area contributed by atoms with Crippen LogP contribution in [0, 0.1) is 17.2 Å². The molecule has 2 rings (SSSR count). The minimum absolute atomic E-state index is 0.0338. The first kappa shape index (κ1) is 15.5. The smallest absolute Gasteiger partial charge is 0.123 e. The van der Waals surface area contributed by atoms with E-state index in [0.717, 1.165) is 35.1 Å². The lowest BCUT2D eigenvalue weighted by atomic mass is 10.2. The second kappa shape index (κ2) is 7.21. The van der Waals surface area contributed by atoms with Gasteiger partial charge in [0.2, 0.25) is 0 Å². The van der Waals surface area contributed by atoms with Gasteiger partial charge >= 0.3 is 0 Å². The molecular weight excluding hydrogens is 282 g/mol. The summed E-state index contributed by atoms with van der Waals surface area (Å²) in [6.45, 7) is 3.44. The normalized spacial score (nSPS) is 12.1. The molecule has 0 aliphatic rings. The monoisotopic (exact) mass is 301 g/mol. The van der Waals surface area contributed by atoms with Crippen LogP contribution in [0.25, 0.3) is 10.6 Å². The quantitative estimate of drug-likeness (QED) is 0.820. The Morgan fingerprint density at radius 2 is 2.29 bits per heavy atom. The molecular formula is C16H19N3OS. The third kappa shape index (κ3) is 4.28. The molecule has 0 unspecified atom stereocenters. The van der Waals surface area contributed by atoms with Crippen LogP contribution in [0.5, 0.6) is 5.75 Å². The molecule has 0 saturated heterocycles. The van der Waals surface area contributed by atoms with Crippen LogP contribution in [-0.2, 0) is 6.54 Å². The van der Waals surface area contributed by atoms with Crippen molar-refractivity contribution in [1.29, 1.82) is 5.26 Å². The van der Waals surface area contributed by atoms with Gasteiger partial charge in [0.25, 0.3) is 0 Å². The van der Waals surface area contributed by atoms with E-state index in [0.29, 0.717) is 0 Å². The molecule has 0 aliphatic carbocycles. The fourth-order valence-corrected chi connectivity index (χ4v) is 2.93. The van der Waals surface area contributed by atoms with E-state index in [4.69, 9.17) is 10.00 Å². The molecule has 0 amide bonds. The maximum atomic E-state index is 8.85. The summed E-state index contributed by atoms with van der Waals surface area (Å²) in [6, 6.07) is 10.2. The zero-order valence-electron chi connectivity index (χ0n) is 12.5. The second-order valence-electron chi connectivity index (χ2n) is 5.10. The number of thiazole rings is 1. The van der Waals surface area contributed by atoms with E-state index in [-0.39, 0.29) is 5.92 Å². The number of hydrogen-bond donors (Lipinski definition) is 0. The molecule has 0 saturated carbocycles. The van der Waals surface area contributed by atoms with E-state index in [9.17, 15) is 0 Å². The molecule has 0 aliphatic heterocycles. The number of aromatic nitrogens is 1. The Morgan fingerprint density at radius 1 is 1.48 bits per heavy atom. The lowest BCUT2D eigenvalue weighted by Gasteiger charge is -2.16. The van der Waals surface area contributed by atoms with Crippen molar-refractivity contribution < 1.29 is 4.74 Å². The fraction of sp³-hybridized carbons (Fsp3) is 0.375. The summed E-state index contributed by atoms with van der Waals surface area (Å²) in [5, 5.41) is 11.9. The molecule has 0 bridgehead atoms. The van der Waals surface area contributed by atoms with Gasteiger partial charge in [-0.05, 0) is 26.1 Å². The third-order valence-corrected chi connectivity index (χ3v) is 4.05. The highest BCUT2D eigenvalue weighted by Gasteiger charge is 2.10. The third-order valence-electron chi connectivity index (χ3n) is 3.11. The van der Waals surface area contributed by atoms with Crippen LogP contribution < -0.4 is 4.74 Å². The highest BCUT2D eigenvalue weighted by Crippen LogP contribution is 2.27. The summed E-state index contributed by atoms with van der Waals surface area (Å²) < 4.78 is 5.24. The maximum Gasteiger partial charge on any atom is 0.123 e. The van der Waals surface area contributed by atoms with Crippen molar-refractivity contribution in [2.75, 3.05) is 20.7 Å². The molecule has 0 fully saturated rings. The average molecular weight is 301 g/mol. The standard InChI is InChI=1S/C16H19N3OS/c1-12(8-17)9-19(2)10-14-11-21-16(18-14)13-5-4-6-15(7-13)20-3/h4-7,11-12H,9-10H2,1-3H3/t12-/m0/s1. The first-order valence-electron chi connectivity index (χ1n) is 6.79. The molecule has 110 valence electrons. The number of nitriles is 1. The summed E-state index contributed by atoms with van der Waals surface area (Å²) in [4.78, 5) is 6.79. The molecule has 1 atom stereocenters. The number of methoxy groups -OCH3 is 1. The van der Waals surface area contributed by atoms with Gasteiger partial charge in [-0.3, -0.25) is 4.90 Å². The molecule has 0 N–H and O–H groups in total. The molecule has 2 aromatic rings. The van der Waals surface area contributed by atoms with Crippen LogP contribution in [0.2, 0.25) is 0 Å². The first-order valence-corrected chi connectivity index (χ1v) is 7.67. The van der Waals surface area contributed by atoms with Gasteiger partial charge < -0.3 is 4.74 Å². The van der Waals surface area contributed by atoms with E-state index in [1.807, 2.05) is 38.2 Å². The maximum absolute atomic E-state index is 8.85. The van der Waals surface area contributed by atoms with Crippen molar-refractivity contribution in [2.45, 2.75) is 13.5 Å². The van der Waals surface area contributed by atoms with Crippen molar-refractivity contribution in [2.24, 2.45) is 5.92 Å². The van der Waals surface area contributed by atoms with Crippen LogP contribution in [0.15, 0.2) is 29.6 Å². The lowest BCUT2D eigenvalue weighted by molar-refractivity contribution is 0.300. The van der Waals surface area contributed by atoms with Gasteiger partial charge in [0.15, 0.2) is 0 Å². The van der Waals surface area contributed by atoms with Crippen LogP contribution >= 0.6 is 11.3 Å². The second-order valence-corrected chi connectivity index (χ2v) is 5.96. The van der Waals surface area contributed by atoms with Gasteiger partial charge in [0.05, 0.1) is 24.8 Å². The van der Waals surface area contributed by atoms with Crippen molar-refractivity contribution in [1.82, 2.24) is 9.88 Å². The van der Waals surface area contributed by atoms with Gasteiger partial charge in [0, 0.05) is 24.0 Å². The molecule has 0 spiro atoms. The Bertz CT molecular complexity index is 632. The Hall–Kier alpha value is -1.90. The summed E-state index contributed by atoms with van der Waals surface area (Å²) in [5.74, 6) is 0.871. The molecule has 1 aromatic heterocycles. The minimum atomic E-state index is 0.0338. The number of benzene rings is 1. The molecule has 1 heterocycles. The van der Waals surface area contributed by atoms with E-state index in [2.05, 4.69) is 21.3 Å². The van der Waals surface area contributed by atoms with E-state index in [1.165, 1.54) is 0 Å². The Balaban J connectivity index is 2.06.